The van der Waals surface area contributed by atoms with Crippen molar-refractivity contribution in [1.29, 1.82) is 0 Å². The summed E-state index contributed by atoms with van der Waals surface area (Å²) in [6.07, 6.45) is 15.8. The summed E-state index contributed by atoms with van der Waals surface area (Å²) in [5.74, 6) is 0. The highest BCUT2D eigenvalue weighted by Crippen LogP contribution is 2.14. The van der Waals surface area contributed by atoms with Gasteiger partial charge in [0, 0.05) is 0 Å². The van der Waals surface area contributed by atoms with Crippen molar-refractivity contribution < 1.29 is 0 Å². The highest BCUT2D eigenvalue weighted by molar-refractivity contribution is 5.56. The molecule has 0 saturated carbocycles. The number of allylic oxidation sites excluding steroid dienone is 8. The average Bonchev–Trinajstić information content (AvgIpc) is 2.63. The molecular formula is C18H18. The van der Waals surface area contributed by atoms with Crippen LogP contribution in [0.2, 0.25) is 0 Å². The maximum atomic E-state index is 3.82. The molecule has 0 spiro atoms. The van der Waals surface area contributed by atoms with Gasteiger partial charge in [0.1, 0.15) is 0 Å². The summed E-state index contributed by atoms with van der Waals surface area (Å²) in [7, 11) is 0. The van der Waals surface area contributed by atoms with Crippen LogP contribution in [0.3, 0.4) is 0 Å². The first kappa shape index (κ1) is 12.4. The van der Waals surface area contributed by atoms with Crippen LogP contribution in [0, 0.1) is 6.92 Å². The first-order valence-corrected chi connectivity index (χ1v) is 6.23. The van der Waals surface area contributed by atoms with E-state index in [0.29, 0.717) is 0 Å². The third-order valence-electron chi connectivity index (χ3n) is 2.91. The summed E-state index contributed by atoms with van der Waals surface area (Å²) in [4.78, 5) is 0. The molecule has 2 rings (SSSR count). The quantitative estimate of drug-likeness (QED) is 0.690. The molecule has 0 heteroatoms. The van der Waals surface area contributed by atoms with Gasteiger partial charge < -0.3 is 0 Å². The van der Waals surface area contributed by atoms with Crippen LogP contribution in [0.4, 0.5) is 0 Å². The van der Waals surface area contributed by atoms with Crippen molar-refractivity contribution in [2.45, 2.75) is 13.3 Å². The predicted octanol–water partition coefficient (Wildman–Crippen LogP) is 5.01. The standard InChI is InChI=1S/C18H18/c1-3-16-6-4-5-7-18(14-16)13-12-17-10-8-15(2)9-11-17/h3-4,6-14H,1,5H2,2H3/b13-12+. The molecule has 90 valence electrons. The lowest BCUT2D eigenvalue weighted by atomic mass is 10.1. The Morgan fingerprint density at radius 2 is 1.83 bits per heavy atom. The molecule has 0 heterocycles. The molecule has 0 nitrogen and oxygen atoms in total. The summed E-state index contributed by atoms with van der Waals surface area (Å²) in [5, 5.41) is 0. The first-order valence-electron chi connectivity index (χ1n) is 6.23. The molecular weight excluding hydrogens is 216 g/mol. The maximum absolute atomic E-state index is 3.82. The molecule has 0 fully saturated rings. The van der Waals surface area contributed by atoms with Crippen molar-refractivity contribution in [3.63, 3.8) is 0 Å². The second-order valence-corrected chi connectivity index (χ2v) is 4.43. The Bertz CT molecular complexity index is 534. The Balaban J connectivity index is 2.16. The molecule has 0 amide bonds. The second kappa shape index (κ2) is 6.02. The molecule has 1 aliphatic carbocycles. The van der Waals surface area contributed by atoms with E-state index < -0.39 is 0 Å². The average molecular weight is 234 g/mol. The topological polar surface area (TPSA) is 0 Å². The smallest absolute Gasteiger partial charge is 0.0157 e. The van der Waals surface area contributed by atoms with Gasteiger partial charge >= 0.3 is 0 Å². The lowest BCUT2D eigenvalue weighted by Crippen LogP contribution is -1.76. The predicted molar refractivity (Wildman–Crippen MR) is 80.3 cm³/mol. The van der Waals surface area contributed by atoms with Crippen LogP contribution in [-0.4, -0.2) is 0 Å². The third-order valence-corrected chi connectivity index (χ3v) is 2.91. The van der Waals surface area contributed by atoms with Gasteiger partial charge in [0.2, 0.25) is 0 Å². The van der Waals surface area contributed by atoms with Crippen molar-refractivity contribution >= 4 is 6.08 Å². The van der Waals surface area contributed by atoms with E-state index in [1.54, 1.807) is 0 Å². The van der Waals surface area contributed by atoms with Crippen molar-refractivity contribution in [3.8, 4) is 0 Å². The fourth-order valence-electron chi connectivity index (χ4n) is 1.82. The molecule has 1 aliphatic rings. The molecule has 0 radical (unpaired) electrons. The number of hydrogen-bond acceptors (Lipinski definition) is 0. The normalized spacial score (nSPS) is 15.2. The molecule has 0 aliphatic heterocycles. The number of hydrogen-bond donors (Lipinski definition) is 0. The highest BCUT2D eigenvalue weighted by atomic mass is 14.0. The number of benzene rings is 1. The lowest BCUT2D eigenvalue weighted by Gasteiger charge is -1.97. The SMILES string of the molecule is C=CC1=CC(/C=C/c2ccc(C)cc2)=CCC=C1. The van der Waals surface area contributed by atoms with E-state index in [0.717, 1.165) is 12.0 Å². The molecule has 1 aromatic carbocycles. The van der Waals surface area contributed by atoms with Gasteiger partial charge in [-0.1, -0.05) is 72.9 Å². The maximum Gasteiger partial charge on any atom is -0.0157 e. The van der Waals surface area contributed by atoms with E-state index in [2.05, 4.69) is 74.2 Å². The fourth-order valence-corrected chi connectivity index (χ4v) is 1.82. The third kappa shape index (κ3) is 3.46. The zero-order chi connectivity index (χ0) is 12.8. The van der Waals surface area contributed by atoms with Crippen molar-refractivity contribution in [2.24, 2.45) is 0 Å². The monoisotopic (exact) mass is 234 g/mol. The Morgan fingerprint density at radius 1 is 1.06 bits per heavy atom. The van der Waals surface area contributed by atoms with Crippen LogP contribution < -0.4 is 0 Å². The zero-order valence-corrected chi connectivity index (χ0v) is 10.8. The van der Waals surface area contributed by atoms with Gasteiger partial charge in [-0.2, -0.15) is 0 Å². The largest absolute Gasteiger partial charge is 0.0985 e. The van der Waals surface area contributed by atoms with E-state index in [1.807, 2.05) is 6.08 Å². The molecule has 0 N–H and O–H groups in total. The minimum atomic E-state index is 0.974. The zero-order valence-electron chi connectivity index (χ0n) is 10.8. The second-order valence-electron chi connectivity index (χ2n) is 4.43. The fraction of sp³-hybridized carbons (Fsp3) is 0.111. The summed E-state index contributed by atoms with van der Waals surface area (Å²) in [6, 6.07) is 8.54. The van der Waals surface area contributed by atoms with Crippen LogP contribution in [0.1, 0.15) is 17.5 Å². The van der Waals surface area contributed by atoms with E-state index in [-0.39, 0.29) is 0 Å². The highest BCUT2D eigenvalue weighted by Gasteiger charge is 1.94. The Hall–Kier alpha value is -2.08. The van der Waals surface area contributed by atoms with E-state index in [1.165, 1.54) is 16.7 Å². The van der Waals surface area contributed by atoms with Crippen LogP contribution in [0.15, 0.2) is 78.4 Å². The van der Waals surface area contributed by atoms with Crippen molar-refractivity contribution in [3.05, 3.63) is 89.6 Å². The summed E-state index contributed by atoms with van der Waals surface area (Å²) in [6.45, 7) is 5.92. The van der Waals surface area contributed by atoms with Crippen LogP contribution in [-0.2, 0) is 0 Å². The van der Waals surface area contributed by atoms with E-state index in [4.69, 9.17) is 0 Å². The van der Waals surface area contributed by atoms with Gasteiger partial charge in [-0.3, -0.25) is 0 Å². The van der Waals surface area contributed by atoms with E-state index in [9.17, 15) is 0 Å². The Kier molecular flexibility index (Phi) is 4.14. The van der Waals surface area contributed by atoms with Crippen LogP contribution in [0.5, 0.6) is 0 Å². The molecule has 0 aromatic heterocycles. The van der Waals surface area contributed by atoms with Crippen molar-refractivity contribution in [2.75, 3.05) is 0 Å². The number of aryl methyl sites for hydroxylation is 1. The summed E-state index contributed by atoms with van der Waals surface area (Å²) >= 11 is 0. The molecule has 0 atom stereocenters. The van der Waals surface area contributed by atoms with Gasteiger partial charge in [0.25, 0.3) is 0 Å². The van der Waals surface area contributed by atoms with Crippen LogP contribution in [0.25, 0.3) is 6.08 Å². The molecule has 18 heavy (non-hydrogen) atoms. The minimum Gasteiger partial charge on any atom is -0.0985 e. The molecule has 0 saturated heterocycles. The first-order chi connectivity index (χ1) is 8.78. The number of rotatable bonds is 3. The molecule has 1 aromatic rings. The van der Waals surface area contributed by atoms with Gasteiger partial charge in [-0.25, -0.2) is 0 Å². The Labute approximate surface area is 109 Å². The van der Waals surface area contributed by atoms with Crippen molar-refractivity contribution in [1.82, 2.24) is 0 Å². The summed E-state index contributed by atoms with van der Waals surface area (Å²) < 4.78 is 0. The van der Waals surface area contributed by atoms with Gasteiger partial charge in [0.05, 0.1) is 0 Å². The van der Waals surface area contributed by atoms with Crippen LogP contribution >= 0.6 is 0 Å². The van der Waals surface area contributed by atoms with Gasteiger partial charge in [-0.15, -0.1) is 0 Å². The van der Waals surface area contributed by atoms with Gasteiger partial charge in [-0.05, 0) is 36.1 Å². The van der Waals surface area contributed by atoms with E-state index >= 15 is 0 Å². The molecule has 0 unspecified atom stereocenters. The molecule has 0 bridgehead atoms. The summed E-state index contributed by atoms with van der Waals surface area (Å²) in [5.41, 5.74) is 4.91. The Morgan fingerprint density at radius 3 is 2.56 bits per heavy atom. The van der Waals surface area contributed by atoms with Gasteiger partial charge in [0.15, 0.2) is 0 Å². The lowest BCUT2D eigenvalue weighted by molar-refractivity contribution is 1.38. The minimum absolute atomic E-state index is 0.974.